The highest BCUT2D eigenvalue weighted by Gasteiger charge is 2.24. The zero-order chi connectivity index (χ0) is 24.8. The zero-order valence-corrected chi connectivity index (χ0v) is 19.8. The van der Waals surface area contributed by atoms with Crippen molar-refractivity contribution in [2.75, 3.05) is 61.1 Å². The summed E-state index contributed by atoms with van der Waals surface area (Å²) < 4.78 is 10.6. The molecule has 35 heavy (non-hydrogen) atoms. The molecule has 2 saturated heterocycles. The van der Waals surface area contributed by atoms with E-state index < -0.39 is 16.8 Å². The minimum atomic E-state index is -0.503. The Morgan fingerprint density at radius 3 is 2.37 bits per heavy atom. The molecule has 186 valence electrons. The molecule has 4 rings (SSSR count). The zero-order valence-electron chi connectivity index (χ0n) is 19.8. The fourth-order valence-electron chi connectivity index (χ4n) is 4.48. The van der Waals surface area contributed by atoms with Crippen molar-refractivity contribution in [1.29, 1.82) is 0 Å². The van der Waals surface area contributed by atoms with Gasteiger partial charge in [0.15, 0.2) is 0 Å². The van der Waals surface area contributed by atoms with Gasteiger partial charge in [0.1, 0.15) is 0 Å². The maximum Gasteiger partial charge on any atom is 0.338 e. The molecule has 10 heteroatoms. The van der Waals surface area contributed by atoms with Gasteiger partial charge in [-0.15, -0.1) is 0 Å². The van der Waals surface area contributed by atoms with E-state index in [2.05, 4.69) is 15.1 Å². The number of esters is 1. The van der Waals surface area contributed by atoms with Gasteiger partial charge in [-0.25, -0.2) is 4.79 Å². The standard InChI is InChI=1S/C25H30N4O6/c1-2-35-25(31)18-6-8-23(28-12-14-34-15-13-28)21(16-18)26-24(30)20-17-19(29(32)33)7-9-22(20)27-10-4-3-5-11-27/h6-9,16-17H,2-5,10-15H2,1H3,(H,26,30). The number of hydrogen-bond donors (Lipinski definition) is 1. The number of nitrogens with one attached hydrogen (secondary N) is 1. The van der Waals surface area contributed by atoms with E-state index in [1.54, 1.807) is 31.2 Å². The Morgan fingerprint density at radius 2 is 1.69 bits per heavy atom. The third kappa shape index (κ3) is 5.71. The first kappa shape index (κ1) is 24.5. The number of carbonyl (C=O) groups is 2. The monoisotopic (exact) mass is 482 g/mol. The maximum atomic E-state index is 13.6. The van der Waals surface area contributed by atoms with Gasteiger partial charge in [-0.2, -0.15) is 0 Å². The molecule has 1 N–H and O–H groups in total. The quantitative estimate of drug-likeness (QED) is 0.360. The lowest BCUT2D eigenvalue weighted by molar-refractivity contribution is -0.384. The number of hydrogen-bond acceptors (Lipinski definition) is 8. The van der Waals surface area contributed by atoms with Crippen LogP contribution in [0, 0.1) is 10.1 Å². The van der Waals surface area contributed by atoms with Gasteiger partial charge in [-0.1, -0.05) is 0 Å². The number of rotatable bonds is 7. The number of non-ortho nitro benzene ring substituents is 1. The van der Waals surface area contributed by atoms with Crippen molar-refractivity contribution in [2.24, 2.45) is 0 Å². The van der Waals surface area contributed by atoms with E-state index in [0.717, 1.165) is 38.0 Å². The first-order valence-electron chi connectivity index (χ1n) is 12.0. The molecule has 1 amide bonds. The SMILES string of the molecule is CCOC(=O)c1ccc(N2CCOCC2)c(NC(=O)c2cc([N+](=O)[O-])ccc2N2CCCCC2)c1. The molecule has 0 aromatic heterocycles. The van der Waals surface area contributed by atoms with Gasteiger partial charge in [0.25, 0.3) is 11.6 Å². The Kier molecular flexibility index (Phi) is 7.81. The first-order chi connectivity index (χ1) is 17.0. The Balaban J connectivity index is 1.71. The molecule has 2 aliphatic heterocycles. The molecule has 0 saturated carbocycles. The van der Waals surface area contributed by atoms with E-state index >= 15 is 0 Å². The van der Waals surface area contributed by atoms with Crippen LogP contribution in [-0.2, 0) is 9.47 Å². The number of morpholine rings is 1. The fraction of sp³-hybridized carbons (Fsp3) is 0.440. The Morgan fingerprint density at radius 1 is 1.00 bits per heavy atom. The van der Waals surface area contributed by atoms with Crippen molar-refractivity contribution >= 4 is 34.6 Å². The molecule has 0 bridgehead atoms. The molecule has 0 radical (unpaired) electrons. The van der Waals surface area contributed by atoms with Crippen molar-refractivity contribution in [2.45, 2.75) is 26.2 Å². The van der Waals surface area contributed by atoms with Gasteiger partial charge in [-0.05, 0) is 50.5 Å². The van der Waals surface area contributed by atoms with Crippen molar-refractivity contribution in [3.63, 3.8) is 0 Å². The summed E-state index contributed by atoms with van der Waals surface area (Å²) in [6.07, 6.45) is 3.12. The number of piperidine rings is 1. The van der Waals surface area contributed by atoms with Crippen LogP contribution < -0.4 is 15.1 Å². The molecular weight excluding hydrogens is 452 g/mol. The molecule has 2 aromatic rings. The van der Waals surface area contributed by atoms with E-state index in [-0.39, 0.29) is 17.9 Å². The molecule has 2 aliphatic rings. The molecular formula is C25H30N4O6. The number of anilines is 3. The lowest BCUT2D eigenvalue weighted by atomic mass is 10.1. The summed E-state index contributed by atoms with van der Waals surface area (Å²) >= 11 is 0. The maximum absolute atomic E-state index is 13.6. The summed E-state index contributed by atoms with van der Waals surface area (Å²) in [5.41, 5.74) is 2.26. The average Bonchev–Trinajstić information content (AvgIpc) is 2.89. The van der Waals surface area contributed by atoms with Crippen molar-refractivity contribution in [3.05, 3.63) is 57.6 Å². The lowest BCUT2D eigenvalue weighted by Crippen LogP contribution is -2.37. The molecule has 0 spiro atoms. The van der Waals surface area contributed by atoms with Gasteiger partial charge < -0.3 is 24.6 Å². The lowest BCUT2D eigenvalue weighted by Gasteiger charge is -2.31. The van der Waals surface area contributed by atoms with Crippen LogP contribution in [0.2, 0.25) is 0 Å². The highest BCUT2D eigenvalue weighted by Crippen LogP contribution is 2.32. The second-order valence-electron chi connectivity index (χ2n) is 8.51. The summed E-state index contributed by atoms with van der Waals surface area (Å²) in [7, 11) is 0. The van der Waals surface area contributed by atoms with Crippen LogP contribution in [0.25, 0.3) is 0 Å². The van der Waals surface area contributed by atoms with Crippen molar-refractivity contribution in [1.82, 2.24) is 0 Å². The smallest absolute Gasteiger partial charge is 0.338 e. The molecule has 0 atom stereocenters. The Labute approximate surface area is 203 Å². The predicted molar refractivity (Wildman–Crippen MR) is 133 cm³/mol. The molecule has 2 fully saturated rings. The normalized spacial score (nSPS) is 16.0. The average molecular weight is 483 g/mol. The summed E-state index contributed by atoms with van der Waals surface area (Å²) in [5.74, 6) is -0.953. The van der Waals surface area contributed by atoms with Crippen LogP contribution >= 0.6 is 0 Å². The summed E-state index contributed by atoms with van der Waals surface area (Å²) in [4.78, 5) is 41.1. The third-order valence-corrected chi connectivity index (χ3v) is 6.24. The van der Waals surface area contributed by atoms with E-state index in [4.69, 9.17) is 9.47 Å². The topological polar surface area (TPSA) is 114 Å². The Hall–Kier alpha value is -3.66. The van der Waals surface area contributed by atoms with Gasteiger partial charge >= 0.3 is 5.97 Å². The minimum absolute atomic E-state index is 0.149. The second kappa shape index (κ2) is 11.2. The van der Waals surface area contributed by atoms with Crippen LogP contribution in [0.3, 0.4) is 0 Å². The van der Waals surface area contributed by atoms with Gasteiger partial charge in [0.05, 0.1) is 52.9 Å². The number of carbonyl (C=O) groups excluding carboxylic acids is 2. The second-order valence-corrected chi connectivity index (χ2v) is 8.51. The number of nitro groups is 1. The number of amides is 1. The predicted octanol–water partition coefficient (Wildman–Crippen LogP) is 3.85. The molecule has 2 heterocycles. The minimum Gasteiger partial charge on any atom is -0.462 e. The van der Waals surface area contributed by atoms with Crippen LogP contribution in [0.4, 0.5) is 22.7 Å². The van der Waals surface area contributed by atoms with Crippen molar-refractivity contribution < 1.29 is 24.0 Å². The highest BCUT2D eigenvalue weighted by atomic mass is 16.6. The molecule has 0 aliphatic carbocycles. The summed E-state index contributed by atoms with van der Waals surface area (Å²) in [5, 5.41) is 14.4. The number of benzene rings is 2. The van der Waals surface area contributed by atoms with Crippen LogP contribution in [0.5, 0.6) is 0 Å². The van der Waals surface area contributed by atoms with E-state index in [9.17, 15) is 19.7 Å². The highest BCUT2D eigenvalue weighted by molar-refractivity contribution is 6.10. The van der Waals surface area contributed by atoms with E-state index in [1.807, 2.05) is 0 Å². The Bertz CT molecular complexity index is 1090. The van der Waals surface area contributed by atoms with Crippen LogP contribution in [0.15, 0.2) is 36.4 Å². The molecule has 2 aromatic carbocycles. The first-order valence-corrected chi connectivity index (χ1v) is 12.0. The van der Waals surface area contributed by atoms with E-state index in [1.165, 1.54) is 12.1 Å². The third-order valence-electron chi connectivity index (χ3n) is 6.24. The fourth-order valence-corrected chi connectivity index (χ4v) is 4.48. The van der Waals surface area contributed by atoms with Gasteiger partial charge in [0.2, 0.25) is 0 Å². The largest absolute Gasteiger partial charge is 0.462 e. The van der Waals surface area contributed by atoms with Gasteiger partial charge in [-0.3, -0.25) is 14.9 Å². The molecule has 10 nitrogen and oxygen atoms in total. The van der Waals surface area contributed by atoms with Crippen LogP contribution in [-0.4, -0.2) is 62.8 Å². The molecule has 0 unspecified atom stereocenters. The van der Waals surface area contributed by atoms with Crippen molar-refractivity contribution in [3.8, 4) is 0 Å². The number of nitro benzene ring substituents is 1. The van der Waals surface area contributed by atoms with Crippen LogP contribution in [0.1, 0.15) is 46.9 Å². The summed E-state index contributed by atoms with van der Waals surface area (Å²) in [6, 6.07) is 9.45. The number of nitrogens with zero attached hydrogens (tertiary/aromatic N) is 3. The van der Waals surface area contributed by atoms with E-state index in [0.29, 0.717) is 43.2 Å². The number of ether oxygens (including phenoxy) is 2. The summed E-state index contributed by atoms with van der Waals surface area (Å²) in [6.45, 7) is 5.92. The van der Waals surface area contributed by atoms with Gasteiger partial charge in [0, 0.05) is 38.3 Å².